The molecule has 0 aromatic heterocycles. The van der Waals surface area contributed by atoms with Crippen LogP contribution in [0.4, 0.5) is 0 Å². The maximum Gasteiger partial charge on any atom is 0.150 e. The van der Waals surface area contributed by atoms with Crippen LogP contribution >= 0.6 is 0 Å². The molecule has 0 bridgehead atoms. The third-order valence-electron chi connectivity index (χ3n) is 3.98. The van der Waals surface area contributed by atoms with Crippen molar-refractivity contribution in [2.45, 2.75) is 49.8 Å². The Balaban J connectivity index is 1.97. The largest absolute Gasteiger partial charge is 0.327 e. The summed E-state index contributed by atoms with van der Waals surface area (Å²) in [7, 11) is -2.85. The molecule has 0 aliphatic heterocycles. The van der Waals surface area contributed by atoms with Gasteiger partial charge >= 0.3 is 0 Å². The summed E-state index contributed by atoms with van der Waals surface area (Å²) in [6, 6.07) is 0.259. The Kier molecular flexibility index (Phi) is 3.08. The fraction of sp³-hybridized carbons (Fsp3) is 1.00. The molecule has 2 rings (SSSR count). The lowest BCUT2D eigenvalue weighted by Crippen LogP contribution is -2.38. The summed E-state index contributed by atoms with van der Waals surface area (Å²) < 4.78 is 23.0. The Morgan fingerprint density at radius 1 is 1.13 bits per heavy atom. The quantitative estimate of drug-likeness (QED) is 0.797. The van der Waals surface area contributed by atoms with Crippen molar-refractivity contribution in [3.05, 3.63) is 0 Å². The molecule has 0 amide bonds. The summed E-state index contributed by atoms with van der Waals surface area (Å²) in [5.41, 5.74) is 6.16. The van der Waals surface area contributed by atoms with Crippen molar-refractivity contribution in [1.29, 1.82) is 0 Å². The van der Waals surface area contributed by atoms with Crippen LogP contribution in [0.5, 0.6) is 0 Å². The molecule has 4 heteroatoms. The molecule has 2 aliphatic carbocycles. The van der Waals surface area contributed by atoms with E-state index in [0.717, 1.165) is 25.7 Å². The van der Waals surface area contributed by atoms with Gasteiger partial charge in [0.1, 0.15) is 9.84 Å². The lowest BCUT2D eigenvalue weighted by molar-refractivity contribution is 0.287. The Labute approximate surface area is 92.3 Å². The van der Waals surface area contributed by atoms with Crippen LogP contribution in [0.25, 0.3) is 0 Å². The highest BCUT2D eigenvalue weighted by molar-refractivity contribution is 7.91. The van der Waals surface area contributed by atoms with Gasteiger partial charge in [0, 0.05) is 12.3 Å². The van der Waals surface area contributed by atoms with E-state index in [2.05, 4.69) is 0 Å². The van der Waals surface area contributed by atoms with Crippen molar-refractivity contribution in [3.63, 3.8) is 0 Å². The summed E-state index contributed by atoms with van der Waals surface area (Å²) in [6.45, 7) is 0. The molecule has 0 aromatic carbocycles. The first-order valence-corrected chi connectivity index (χ1v) is 7.88. The van der Waals surface area contributed by atoms with Crippen molar-refractivity contribution in [3.8, 4) is 0 Å². The molecule has 0 heterocycles. The van der Waals surface area contributed by atoms with Crippen molar-refractivity contribution >= 4 is 9.84 Å². The van der Waals surface area contributed by atoms with Gasteiger partial charge in [-0.05, 0) is 43.9 Å². The van der Waals surface area contributed by atoms with Crippen LogP contribution in [-0.4, -0.2) is 26.0 Å². The summed E-state index contributed by atoms with van der Waals surface area (Å²) in [5.74, 6) is 1.14. The van der Waals surface area contributed by atoms with E-state index in [1.165, 1.54) is 19.1 Å². The molecule has 3 unspecified atom stereocenters. The number of hydrogen-bond acceptors (Lipinski definition) is 3. The first kappa shape index (κ1) is 11.4. The van der Waals surface area contributed by atoms with Crippen LogP contribution in [0.15, 0.2) is 0 Å². The second-order valence-electron chi connectivity index (χ2n) is 5.29. The van der Waals surface area contributed by atoms with Crippen molar-refractivity contribution in [2.24, 2.45) is 17.6 Å². The molecule has 3 atom stereocenters. The molecular weight excluding hydrogens is 210 g/mol. The van der Waals surface area contributed by atoms with E-state index >= 15 is 0 Å². The normalized spacial score (nSPS) is 35.1. The van der Waals surface area contributed by atoms with Crippen molar-refractivity contribution in [2.75, 3.05) is 6.26 Å². The van der Waals surface area contributed by atoms with Crippen molar-refractivity contribution in [1.82, 2.24) is 0 Å². The van der Waals surface area contributed by atoms with E-state index in [1.54, 1.807) is 0 Å². The minimum atomic E-state index is -2.85. The van der Waals surface area contributed by atoms with Crippen LogP contribution in [-0.2, 0) is 9.84 Å². The summed E-state index contributed by atoms with van der Waals surface area (Å²) in [5, 5.41) is -0.124. The molecular formula is C11H21NO2S. The standard InChI is InChI=1S/C11H21NO2S/c1-15(13,14)10-4-2-3-9(7-10)11(12)8-5-6-8/h8-11H,2-7,12H2,1H3. The molecule has 88 valence electrons. The number of hydrogen-bond donors (Lipinski definition) is 1. The van der Waals surface area contributed by atoms with E-state index < -0.39 is 9.84 Å². The lowest BCUT2D eigenvalue weighted by atomic mass is 9.82. The smallest absolute Gasteiger partial charge is 0.150 e. The number of sulfone groups is 1. The molecule has 3 nitrogen and oxygen atoms in total. The fourth-order valence-corrected chi connectivity index (χ4v) is 3.98. The second-order valence-corrected chi connectivity index (χ2v) is 7.62. The fourth-order valence-electron chi connectivity index (χ4n) is 2.79. The summed E-state index contributed by atoms with van der Waals surface area (Å²) in [4.78, 5) is 0. The Hall–Kier alpha value is -0.0900. The summed E-state index contributed by atoms with van der Waals surface area (Å²) >= 11 is 0. The molecule has 0 saturated heterocycles. The van der Waals surface area contributed by atoms with Crippen molar-refractivity contribution < 1.29 is 8.42 Å². The Bertz CT molecular complexity index is 321. The topological polar surface area (TPSA) is 60.2 Å². The molecule has 0 spiro atoms. The average molecular weight is 231 g/mol. The predicted molar refractivity (Wildman–Crippen MR) is 61.3 cm³/mol. The van der Waals surface area contributed by atoms with Gasteiger partial charge in [0.15, 0.2) is 0 Å². The molecule has 2 saturated carbocycles. The number of rotatable bonds is 3. The van der Waals surface area contributed by atoms with E-state index in [0.29, 0.717) is 11.8 Å². The van der Waals surface area contributed by atoms with Gasteiger partial charge in [-0.15, -0.1) is 0 Å². The van der Waals surface area contributed by atoms with E-state index in [1.807, 2.05) is 0 Å². The Morgan fingerprint density at radius 3 is 2.33 bits per heavy atom. The maximum absolute atomic E-state index is 11.5. The van der Waals surface area contributed by atoms with E-state index in [-0.39, 0.29) is 11.3 Å². The van der Waals surface area contributed by atoms with Crippen LogP contribution in [0, 0.1) is 11.8 Å². The van der Waals surface area contributed by atoms with E-state index in [4.69, 9.17) is 5.73 Å². The molecule has 15 heavy (non-hydrogen) atoms. The van der Waals surface area contributed by atoms with Gasteiger partial charge in [0.2, 0.25) is 0 Å². The van der Waals surface area contributed by atoms with Gasteiger partial charge < -0.3 is 5.73 Å². The Morgan fingerprint density at radius 2 is 1.80 bits per heavy atom. The zero-order chi connectivity index (χ0) is 11.1. The first-order valence-electron chi connectivity index (χ1n) is 5.93. The molecule has 2 fully saturated rings. The average Bonchev–Trinajstić information content (AvgIpc) is 2.99. The molecule has 0 aromatic rings. The van der Waals surface area contributed by atoms with Gasteiger partial charge in [-0.3, -0.25) is 0 Å². The van der Waals surface area contributed by atoms with Gasteiger partial charge in [-0.1, -0.05) is 6.42 Å². The van der Waals surface area contributed by atoms with Gasteiger partial charge in [0.05, 0.1) is 5.25 Å². The van der Waals surface area contributed by atoms with E-state index in [9.17, 15) is 8.42 Å². The third kappa shape index (κ3) is 2.72. The highest BCUT2D eigenvalue weighted by Crippen LogP contribution is 2.40. The monoisotopic (exact) mass is 231 g/mol. The van der Waals surface area contributed by atoms with Crippen LogP contribution in [0.2, 0.25) is 0 Å². The highest BCUT2D eigenvalue weighted by Gasteiger charge is 2.38. The van der Waals surface area contributed by atoms with Crippen LogP contribution in [0.3, 0.4) is 0 Å². The van der Waals surface area contributed by atoms with Gasteiger partial charge in [0.25, 0.3) is 0 Å². The van der Waals surface area contributed by atoms with Crippen LogP contribution < -0.4 is 5.73 Å². The zero-order valence-corrected chi connectivity index (χ0v) is 10.2. The predicted octanol–water partition coefficient (Wildman–Crippen LogP) is 1.33. The second kappa shape index (κ2) is 4.06. The molecule has 2 N–H and O–H groups in total. The minimum absolute atomic E-state index is 0.124. The first-order chi connectivity index (χ1) is 6.98. The van der Waals surface area contributed by atoms with Gasteiger partial charge in [-0.25, -0.2) is 8.42 Å². The lowest BCUT2D eigenvalue weighted by Gasteiger charge is -2.32. The minimum Gasteiger partial charge on any atom is -0.327 e. The zero-order valence-electron chi connectivity index (χ0n) is 9.35. The maximum atomic E-state index is 11.5. The van der Waals surface area contributed by atoms with Gasteiger partial charge in [-0.2, -0.15) is 0 Å². The highest BCUT2D eigenvalue weighted by atomic mass is 32.2. The molecule has 2 aliphatic rings. The molecule has 0 radical (unpaired) electrons. The third-order valence-corrected chi connectivity index (χ3v) is 5.62. The van der Waals surface area contributed by atoms with Crippen LogP contribution in [0.1, 0.15) is 38.5 Å². The SMILES string of the molecule is CS(=O)(=O)C1CCCC(C(N)C2CC2)C1. The summed E-state index contributed by atoms with van der Waals surface area (Å²) in [6.07, 6.45) is 7.67. The number of nitrogens with two attached hydrogens (primary N) is 1.